The topological polar surface area (TPSA) is 42.0 Å². The molecule has 0 aliphatic heterocycles. The molecule has 0 atom stereocenters. The Kier molecular flexibility index (Phi) is 3.54. The number of nitrogens with zero attached hydrogens (tertiary/aromatic N) is 1. The quantitative estimate of drug-likeness (QED) is 0.843. The summed E-state index contributed by atoms with van der Waals surface area (Å²) in [5, 5.41) is 2.67. The smallest absolute Gasteiger partial charge is 0.207 e. The standard InChI is InChI=1S/C13H14N2OS/c1-9-5-11(6-14-7-16)3-4-12(9)13-10(2)15-8-17-13/h3-5,7-8H,6H2,1-2H3,(H,14,16). The van der Waals surface area contributed by atoms with E-state index in [2.05, 4.69) is 29.4 Å². The summed E-state index contributed by atoms with van der Waals surface area (Å²) >= 11 is 1.66. The van der Waals surface area contributed by atoms with Crippen molar-refractivity contribution in [1.29, 1.82) is 0 Å². The average Bonchev–Trinajstić information content (AvgIpc) is 2.73. The van der Waals surface area contributed by atoms with Crippen LogP contribution in [0.2, 0.25) is 0 Å². The molecule has 88 valence electrons. The Morgan fingerprint density at radius 2 is 2.24 bits per heavy atom. The lowest BCUT2D eigenvalue weighted by atomic mass is 10.0. The highest BCUT2D eigenvalue weighted by Crippen LogP contribution is 2.30. The lowest BCUT2D eigenvalue weighted by Gasteiger charge is -2.07. The molecule has 1 amide bonds. The van der Waals surface area contributed by atoms with E-state index in [4.69, 9.17) is 0 Å². The van der Waals surface area contributed by atoms with Crippen molar-refractivity contribution in [3.63, 3.8) is 0 Å². The molecule has 1 aromatic heterocycles. The minimum absolute atomic E-state index is 0.576. The van der Waals surface area contributed by atoms with Crippen LogP contribution in [0.5, 0.6) is 0 Å². The lowest BCUT2D eigenvalue weighted by molar-refractivity contribution is -0.109. The highest BCUT2D eigenvalue weighted by Gasteiger charge is 2.07. The van der Waals surface area contributed by atoms with Crippen molar-refractivity contribution in [3.05, 3.63) is 40.5 Å². The molecule has 0 saturated heterocycles. The first-order chi connectivity index (χ1) is 8.22. The van der Waals surface area contributed by atoms with Gasteiger partial charge < -0.3 is 5.32 Å². The van der Waals surface area contributed by atoms with Crippen LogP contribution in [-0.4, -0.2) is 11.4 Å². The van der Waals surface area contributed by atoms with Gasteiger partial charge in [0.15, 0.2) is 0 Å². The minimum atomic E-state index is 0.576. The number of hydrogen-bond acceptors (Lipinski definition) is 3. The van der Waals surface area contributed by atoms with Gasteiger partial charge in [0.05, 0.1) is 16.1 Å². The maximum Gasteiger partial charge on any atom is 0.207 e. The number of amides is 1. The second-order valence-corrected chi connectivity index (χ2v) is 4.77. The second kappa shape index (κ2) is 5.10. The first-order valence-electron chi connectivity index (χ1n) is 5.39. The van der Waals surface area contributed by atoms with Crippen LogP contribution in [0.25, 0.3) is 10.4 Å². The van der Waals surface area contributed by atoms with Crippen LogP contribution in [0.4, 0.5) is 0 Å². The fourth-order valence-corrected chi connectivity index (χ4v) is 2.71. The molecule has 0 bridgehead atoms. The molecule has 2 rings (SSSR count). The van der Waals surface area contributed by atoms with Crippen molar-refractivity contribution in [2.45, 2.75) is 20.4 Å². The van der Waals surface area contributed by atoms with E-state index in [0.717, 1.165) is 17.7 Å². The number of nitrogens with one attached hydrogen (secondary N) is 1. The summed E-state index contributed by atoms with van der Waals surface area (Å²) in [6, 6.07) is 6.24. The van der Waals surface area contributed by atoms with E-state index in [1.165, 1.54) is 16.0 Å². The number of aryl methyl sites for hydroxylation is 2. The van der Waals surface area contributed by atoms with Crippen molar-refractivity contribution < 1.29 is 4.79 Å². The largest absolute Gasteiger partial charge is 0.355 e. The Morgan fingerprint density at radius 1 is 1.41 bits per heavy atom. The normalized spacial score (nSPS) is 10.2. The van der Waals surface area contributed by atoms with E-state index >= 15 is 0 Å². The van der Waals surface area contributed by atoms with Gasteiger partial charge in [-0.2, -0.15) is 0 Å². The van der Waals surface area contributed by atoms with Crippen molar-refractivity contribution in [3.8, 4) is 10.4 Å². The number of carbonyl (C=O) groups is 1. The third-order valence-electron chi connectivity index (χ3n) is 2.67. The number of rotatable bonds is 4. The van der Waals surface area contributed by atoms with E-state index < -0.39 is 0 Å². The molecule has 1 N–H and O–H groups in total. The highest BCUT2D eigenvalue weighted by atomic mass is 32.1. The highest BCUT2D eigenvalue weighted by molar-refractivity contribution is 7.13. The Morgan fingerprint density at radius 3 is 2.82 bits per heavy atom. The number of benzene rings is 1. The van der Waals surface area contributed by atoms with Gasteiger partial charge in [-0.3, -0.25) is 4.79 Å². The summed E-state index contributed by atoms with van der Waals surface area (Å²) in [7, 11) is 0. The zero-order chi connectivity index (χ0) is 12.3. The van der Waals surface area contributed by atoms with Gasteiger partial charge in [-0.05, 0) is 30.5 Å². The molecule has 2 aromatic rings. The van der Waals surface area contributed by atoms with Crippen LogP contribution in [0.15, 0.2) is 23.7 Å². The van der Waals surface area contributed by atoms with Gasteiger partial charge in [0.2, 0.25) is 6.41 Å². The van der Waals surface area contributed by atoms with Gasteiger partial charge in [0.1, 0.15) is 0 Å². The lowest BCUT2D eigenvalue weighted by Crippen LogP contribution is -2.09. The second-order valence-electron chi connectivity index (χ2n) is 3.91. The van der Waals surface area contributed by atoms with Crippen LogP contribution >= 0.6 is 11.3 Å². The molecule has 0 saturated carbocycles. The Balaban J connectivity index is 2.32. The molecule has 17 heavy (non-hydrogen) atoms. The van der Waals surface area contributed by atoms with Crippen molar-refractivity contribution >= 4 is 17.7 Å². The molecule has 0 spiro atoms. The van der Waals surface area contributed by atoms with Gasteiger partial charge >= 0.3 is 0 Å². The summed E-state index contributed by atoms with van der Waals surface area (Å²) in [6.07, 6.45) is 0.719. The van der Waals surface area contributed by atoms with Crippen molar-refractivity contribution in [2.75, 3.05) is 0 Å². The van der Waals surface area contributed by atoms with Crippen LogP contribution in [-0.2, 0) is 11.3 Å². The van der Waals surface area contributed by atoms with Gasteiger partial charge in [-0.15, -0.1) is 11.3 Å². The van der Waals surface area contributed by atoms with Gasteiger partial charge in [0, 0.05) is 6.54 Å². The first kappa shape index (κ1) is 11.8. The molecule has 1 heterocycles. The third-order valence-corrected chi connectivity index (χ3v) is 3.63. The van der Waals surface area contributed by atoms with Crippen LogP contribution in [0.1, 0.15) is 16.8 Å². The molecule has 0 radical (unpaired) electrons. The van der Waals surface area contributed by atoms with E-state index in [9.17, 15) is 4.79 Å². The third kappa shape index (κ3) is 2.53. The van der Waals surface area contributed by atoms with Gasteiger partial charge in [-0.1, -0.05) is 18.2 Å². The molecule has 0 aliphatic rings. The van der Waals surface area contributed by atoms with E-state index in [1.807, 2.05) is 18.5 Å². The van der Waals surface area contributed by atoms with Crippen LogP contribution in [0, 0.1) is 13.8 Å². The Labute approximate surface area is 105 Å². The molecule has 3 nitrogen and oxygen atoms in total. The van der Waals surface area contributed by atoms with E-state index in [-0.39, 0.29) is 0 Å². The number of aromatic nitrogens is 1. The summed E-state index contributed by atoms with van der Waals surface area (Å²) in [5.74, 6) is 0. The van der Waals surface area contributed by atoms with Gasteiger partial charge in [0.25, 0.3) is 0 Å². The molecule has 0 unspecified atom stereocenters. The number of thiazole rings is 1. The molecule has 4 heteroatoms. The zero-order valence-electron chi connectivity index (χ0n) is 9.86. The van der Waals surface area contributed by atoms with E-state index in [1.54, 1.807) is 11.3 Å². The molecule has 0 fully saturated rings. The summed E-state index contributed by atoms with van der Waals surface area (Å²) in [5.41, 5.74) is 6.48. The van der Waals surface area contributed by atoms with Crippen molar-refractivity contribution in [1.82, 2.24) is 10.3 Å². The number of hydrogen-bond donors (Lipinski definition) is 1. The predicted molar refractivity (Wildman–Crippen MR) is 69.9 cm³/mol. The summed E-state index contributed by atoms with van der Waals surface area (Å²) < 4.78 is 0. The predicted octanol–water partition coefficient (Wildman–Crippen LogP) is 2.67. The molecular weight excluding hydrogens is 232 g/mol. The van der Waals surface area contributed by atoms with Crippen LogP contribution < -0.4 is 5.32 Å². The fraction of sp³-hybridized carbons (Fsp3) is 0.231. The Bertz CT molecular complexity index is 534. The molecule has 0 aliphatic carbocycles. The first-order valence-corrected chi connectivity index (χ1v) is 6.27. The van der Waals surface area contributed by atoms with Crippen LogP contribution in [0.3, 0.4) is 0 Å². The summed E-state index contributed by atoms with van der Waals surface area (Å²) in [4.78, 5) is 15.7. The zero-order valence-corrected chi connectivity index (χ0v) is 10.7. The maximum atomic E-state index is 10.2. The Hall–Kier alpha value is -1.68. The number of carbonyl (C=O) groups excluding carboxylic acids is 1. The molecular formula is C13H14N2OS. The summed E-state index contributed by atoms with van der Waals surface area (Å²) in [6.45, 7) is 4.68. The minimum Gasteiger partial charge on any atom is -0.355 e. The fourth-order valence-electron chi connectivity index (χ4n) is 1.81. The van der Waals surface area contributed by atoms with E-state index in [0.29, 0.717) is 6.54 Å². The molecule has 1 aromatic carbocycles. The van der Waals surface area contributed by atoms with Gasteiger partial charge in [-0.25, -0.2) is 4.98 Å². The monoisotopic (exact) mass is 246 g/mol. The average molecular weight is 246 g/mol. The maximum absolute atomic E-state index is 10.2. The SMILES string of the molecule is Cc1cc(CNC=O)ccc1-c1scnc1C. The van der Waals surface area contributed by atoms with Crippen molar-refractivity contribution in [2.24, 2.45) is 0 Å².